The monoisotopic (exact) mass is 523 g/mol. The van der Waals surface area contributed by atoms with E-state index in [1.807, 2.05) is 44.2 Å². The maximum atomic E-state index is 13.0. The summed E-state index contributed by atoms with van der Waals surface area (Å²) in [6.45, 7) is 5.26. The number of rotatable bonds is 3. The molecule has 37 heavy (non-hydrogen) atoms. The first-order chi connectivity index (χ1) is 17.9. The van der Waals surface area contributed by atoms with Crippen LogP contribution in [0.4, 0.5) is 11.4 Å². The van der Waals surface area contributed by atoms with Crippen molar-refractivity contribution in [1.29, 1.82) is 0 Å². The van der Waals surface area contributed by atoms with Crippen LogP contribution in [0.15, 0.2) is 60.7 Å². The van der Waals surface area contributed by atoms with Crippen molar-refractivity contribution >= 4 is 34.8 Å². The van der Waals surface area contributed by atoms with Gasteiger partial charge in [-0.25, -0.2) is 0 Å². The van der Waals surface area contributed by atoms with Crippen molar-refractivity contribution in [3.05, 3.63) is 76.8 Å². The standard InChI is InChI=1S/C28H30ClN3O5/c1-19-7-8-20(2)22(15-19)30-27(33)17-32-11-12-35-13-14-36-25-5-3-4-6-26(25)37-24-10-9-21(29)16-23(24)31-28(34)18-32/h3-10,15-16H,11-14,17-18H2,1-2H3,(H,30,33)(H,31,34). The molecule has 0 saturated heterocycles. The molecule has 2 N–H and O–H groups in total. The van der Waals surface area contributed by atoms with E-state index in [2.05, 4.69) is 10.6 Å². The zero-order valence-corrected chi connectivity index (χ0v) is 21.6. The Labute approximate surface area is 221 Å². The van der Waals surface area contributed by atoms with Gasteiger partial charge >= 0.3 is 0 Å². The molecule has 1 aliphatic rings. The van der Waals surface area contributed by atoms with Crippen LogP contribution in [0.5, 0.6) is 17.2 Å². The summed E-state index contributed by atoms with van der Waals surface area (Å²) in [7, 11) is 0. The fourth-order valence-corrected chi connectivity index (χ4v) is 4.01. The number of fused-ring (bicyclic) bond motifs is 2. The summed E-state index contributed by atoms with van der Waals surface area (Å²) in [4.78, 5) is 27.6. The van der Waals surface area contributed by atoms with Gasteiger partial charge in [0.1, 0.15) is 6.61 Å². The van der Waals surface area contributed by atoms with Crippen molar-refractivity contribution < 1.29 is 23.8 Å². The Hall–Kier alpha value is -3.59. The number of amides is 2. The summed E-state index contributed by atoms with van der Waals surface area (Å²) in [5.41, 5.74) is 3.18. The van der Waals surface area contributed by atoms with Crippen LogP contribution in [0.25, 0.3) is 0 Å². The van der Waals surface area contributed by atoms with Gasteiger partial charge in [-0.15, -0.1) is 0 Å². The van der Waals surface area contributed by atoms with Crippen LogP contribution in [-0.2, 0) is 14.3 Å². The highest BCUT2D eigenvalue weighted by molar-refractivity contribution is 6.31. The van der Waals surface area contributed by atoms with Crippen LogP contribution in [0.1, 0.15) is 11.1 Å². The van der Waals surface area contributed by atoms with E-state index in [4.69, 9.17) is 25.8 Å². The maximum Gasteiger partial charge on any atom is 0.238 e. The average molecular weight is 524 g/mol. The third kappa shape index (κ3) is 7.69. The Kier molecular flexibility index (Phi) is 9.00. The Balaban J connectivity index is 1.51. The normalized spacial score (nSPS) is 15.1. The van der Waals surface area contributed by atoms with E-state index in [1.165, 1.54) is 0 Å². The van der Waals surface area contributed by atoms with Gasteiger partial charge in [0.05, 0.1) is 32.0 Å². The fourth-order valence-electron chi connectivity index (χ4n) is 3.84. The highest BCUT2D eigenvalue weighted by Crippen LogP contribution is 2.36. The smallest absolute Gasteiger partial charge is 0.238 e. The molecular formula is C28H30ClN3O5. The third-order valence-corrected chi connectivity index (χ3v) is 5.96. The summed E-state index contributed by atoms with van der Waals surface area (Å²) in [6.07, 6.45) is 0. The Morgan fingerprint density at radius 3 is 2.65 bits per heavy atom. The van der Waals surface area contributed by atoms with E-state index in [-0.39, 0.29) is 24.9 Å². The number of hydrogen-bond donors (Lipinski definition) is 2. The Morgan fingerprint density at radius 1 is 1.00 bits per heavy atom. The molecular weight excluding hydrogens is 494 g/mol. The number of hydrogen-bond acceptors (Lipinski definition) is 6. The van der Waals surface area contributed by atoms with Crippen LogP contribution in [0.2, 0.25) is 5.02 Å². The second-order valence-electron chi connectivity index (χ2n) is 8.78. The topological polar surface area (TPSA) is 89.1 Å². The number of nitrogens with one attached hydrogen (secondary N) is 2. The zero-order valence-electron chi connectivity index (χ0n) is 20.9. The molecule has 0 unspecified atom stereocenters. The van der Waals surface area contributed by atoms with Crippen LogP contribution in [-0.4, -0.2) is 56.2 Å². The van der Waals surface area contributed by atoms with Crippen LogP contribution >= 0.6 is 11.6 Å². The lowest BCUT2D eigenvalue weighted by atomic mass is 10.1. The number of nitrogens with zero attached hydrogens (tertiary/aromatic N) is 1. The molecule has 3 aromatic rings. The van der Waals surface area contributed by atoms with Crippen molar-refractivity contribution in [2.24, 2.45) is 0 Å². The largest absolute Gasteiger partial charge is 0.487 e. The number of halogens is 1. The van der Waals surface area contributed by atoms with Crippen molar-refractivity contribution in [1.82, 2.24) is 4.90 Å². The molecule has 0 radical (unpaired) electrons. The van der Waals surface area contributed by atoms with E-state index in [0.29, 0.717) is 54.3 Å². The number of benzene rings is 3. The minimum Gasteiger partial charge on any atom is -0.487 e. The van der Waals surface area contributed by atoms with Crippen LogP contribution in [0, 0.1) is 13.8 Å². The molecule has 194 valence electrons. The summed E-state index contributed by atoms with van der Waals surface area (Å²) >= 11 is 6.21. The van der Waals surface area contributed by atoms with Gasteiger partial charge in [-0.3, -0.25) is 14.5 Å². The molecule has 0 spiro atoms. The molecule has 0 aromatic heterocycles. The minimum absolute atomic E-state index is 0.0189. The van der Waals surface area contributed by atoms with Gasteiger partial charge in [-0.05, 0) is 61.4 Å². The molecule has 0 bridgehead atoms. The summed E-state index contributed by atoms with van der Waals surface area (Å²) in [5, 5.41) is 6.26. The number of aryl methyl sites for hydroxylation is 2. The molecule has 0 aliphatic carbocycles. The molecule has 0 fully saturated rings. The predicted molar refractivity (Wildman–Crippen MR) is 144 cm³/mol. The van der Waals surface area contributed by atoms with Gasteiger partial charge in [0.25, 0.3) is 0 Å². The van der Waals surface area contributed by atoms with Crippen molar-refractivity contribution in [2.75, 3.05) is 50.1 Å². The second-order valence-corrected chi connectivity index (χ2v) is 9.21. The van der Waals surface area contributed by atoms with E-state index >= 15 is 0 Å². The minimum atomic E-state index is -0.314. The molecule has 0 atom stereocenters. The molecule has 1 aliphatic heterocycles. The van der Waals surface area contributed by atoms with Crippen LogP contribution in [0.3, 0.4) is 0 Å². The van der Waals surface area contributed by atoms with Gasteiger partial charge in [-0.2, -0.15) is 0 Å². The molecule has 2 amide bonds. The summed E-state index contributed by atoms with van der Waals surface area (Å²) in [6, 6.07) is 18.1. The van der Waals surface area contributed by atoms with Crippen molar-refractivity contribution in [3.63, 3.8) is 0 Å². The molecule has 0 saturated carbocycles. The molecule has 1 heterocycles. The highest BCUT2D eigenvalue weighted by Gasteiger charge is 2.18. The van der Waals surface area contributed by atoms with Crippen molar-refractivity contribution in [2.45, 2.75) is 13.8 Å². The number of carbonyl (C=O) groups excluding carboxylic acids is 2. The molecule has 8 nitrogen and oxygen atoms in total. The van der Waals surface area contributed by atoms with Gasteiger partial charge in [0.15, 0.2) is 17.2 Å². The number of para-hydroxylation sites is 2. The first-order valence-corrected chi connectivity index (χ1v) is 12.4. The third-order valence-electron chi connectivity index (χ3n) is 5.72. The first kappa shape index (κ1) is 26.5. The lowest BCUT2D eigenvalue weighted by molar-refractivity contribution is -0.120. The molecule has 9 heteroatoms. The summed E-state index contributed by atoms with van der Waals surface area (Å²) < 4.78 is 17.7. The Bertz CT molecular complexity index is 1270. The van der Waals surface area contributed by atoms with E-state index in [0.717, 1.165) is 16.8 Å². The zero-order chi connectivity index (χ0) is 26.2. The quantitative estimate of drug-likeness (QED) is 0.500. The van der Waals surface area contributed by atoms with E-state index in [9.17, 15) is 9.59 Å². The predicted octanol–water partition coefficient (Wildman–Crippen LogP) is 5.04. The second kappa shape index (κ2) is 12.6. The van der Waals surface area contributed by atoms with Crippen molar-refractivity contribution in [3.8, 4) is 17.2 Å². The average Bonchev–Trinajstić information content (AvgIpc) is 2.85. The molecule has 4 rings (SSSR count). The molecule has 3 aromatic carbocycles. The SMILES string of the molecule is Cc1ccc(C)c(NC(=O)CN2CCOCCOc3ccccc3Oc3ccc(Cl)cc3NC(=O)C2)c1. The van der Waals surface area contributed by atoms with E-state index in [1.54, 1.807) is 35.2 Å². The van der Waals surface area contributed by atoms with Gasteiger partial charge in [-0.1, -0.05) is 35.9 Å². The lowest BCUT2D eigenvalue weighted by Crippen LogP contribution is -2.40. The van der Waals surface area contributed by atoms with E-state index < -0.39 is 0 Å². The summed E-state index contributed by atoms with van der Waals surface area (Å²) in [5.74, 6) is 0.938. The fraction of sp³-hybridized carbons (Fsp3) is 0.286. The maximum absolute atomic E-state index is 13.0. The van der Waals surface area contributed by atoms with Gasteiger partial charge < -0.3 is 24.8 Å². The Morgan fingerprint density at radius 2 is 1.81 bits per heavy atom. The first-order valence-electron chi connectivity index (χ1n) is 12.0. The van der Waals surface area contributed by atoms with Crippen LogP contribution < -0.4 is 20.1 Å². The highest BCUT2D eigenvalue weighted by atomic mass is 35.5. The van der Waals surface area contributed by atoms with Gasteiger partial charge in [0.2, 0.25) is 11.8 Å². The van der Waals surface area contributed by atoms with Gasteiger partial charge in [0, 0.05) is 17.3 Å². The lowest BCUT2D eigenvalue weighted by Gasteiger charge is -2.22. The number of carbonyl (C=O) groups is 2. The number of ether oxygens (including phenoxy) is 3. The number of anilines is 2.